The third kappa shape index (κ3) is 4.11. The van der Waals surface area contributed by atoms with E-state index in [1.165, 1.54) is 28.7 Å². The van der Waals surface area contributed by atoms with Gasteiger partial charge in [0, 0.05) is 24.5 Å². The van der Waals surface area contributed by atoms with Crippen molar-refractivity contribution in [2.24, 2.45) is 0 Å². The number of anilines is 1. The van der Waals surface area contributed by atoms with Gasteiger partial charge in [-0.3, -0.25) is 4.90 Å². The summed E-state index contributed by atoms with van der Waals surface area (Å²) in [7, 11) is 0. The van der Waals surface area contributed by atoms with Crippen LogP contribution in [0.25, 0.3) is 10.2 Å². The van der Waals surface area contributed by atoms with E-state index in [-0.39, 0.29) is 0 Å². The van der Waals surface area contributed by atoms with Crippen LogP contribution in [0.3, 0.4) is 0 Å². The van der Waals surface area contributed by atoms with E-state index >= 15 is 0 Å². The molecule has 8 heteroatoms. The Hall–Kier alpha value is -1.58. The summed E-state index contributed by atoms with van der Waals surface area (Å²) in [6.45, 7) is 6.37. The molecule has 0 aromatic carbocycles. The van der Waals surface area contributed by atoms with Crippen LogP contribution < -0.4 is 5.32 Å². The van der Waals surface area contributed by atoms with Crippen molar-refractivity contribution < 1.29 is 9.84 Å². The lowest BCUT2D eigenvalue weighted by Crippen LogP contribution is -2.36. The SMILES string of the molecule is CC(O)(CNc1nc(CN2CCOCC2)nc2sc3c(c12)CCCC3)c1ccsc1. The van der Waals surface area contributed by atoms with Gasteiger partial charge in [-0.15, -0.1) is 11.3 Å². The van der Waals surface area contributed by atoms with Crippen LogP contribution in [0.5, 0.6) is 0 Å². The van der Waals surface area contributed by atoms with Gasteiger partial charge in [-0.25, -0.2) is 9.97 Å². The summed E-state index contributed by atoms with van der Waals surface area (Å²) in [5.41, 5.74) is 1.40. The summed E-state index contributed by atoms with van der Waals surface area (Å²) >= 11 is 3.43. The van der Waals surface area contributed by atoms with Crippen molar-refractivity contribution in [3.8, 4) is 0 Å². The highest BCUT2D eigenvalue weighted by molar-refractivity contribution is 7.19. The van der Waals surface area contributed by atoms with Crippen molar-refractivity contribution in [2.45, 2.75) is 44.8 Å². The molecule has 0 saturated carbocycles. The largest absolute Gasteiger partial charge is 0.384 e. The van der Waals surface area contributed by atoms with Crippen LogP contribution >= 0.6 is 22.7 Å². The minimum atomic E-state index is -0.947. The number of rotatable bonds is 6. The second-order valence-corrected chi connectivity index (χ2v) is 10.3. The second-order valence-electron chi connectivity index (χ2n) is 8.41. The van der Waals surface area contributed by atoms with Gasteiger partial charge in [0.1, 0.15) is 22.1 Å². The Balaban J connectivity index is 1.48. The van der Waals surface area contributed by atoms with Crippen LogP contribution in [0.4, 0.5) is 5.82 Å². The summed E-state index contributed by atoms with van der Waals surface area (Å²) in [5, 5.41) is 19.7. The van der Waals surface area contributed by atoms with Crippen LogP contribution in [0.2, 0.25) is 0 Å². The predicted molar refractivity (Wildman–Crippen MR) is 123 cm³/mol. The summed E-state index contributed by atoms with van der Waals surface area (Å²) in [6, 6.07) is 1.98. The van der Waals surface area contributed by atoms with Gasteiger partial charge < -0.3 is 15.2 Å². The molecule has 2 N–H and O–H groups in total. The van der Waals surface area contributed by atoms with E-state index in [2.05, 4.69) is 10.2 Å². The van der Waals surface area contributed by atoms with Gasteiger partial charge in [-0.2, -0.15) is 11.3 Å². The third-order valence-corrected chi connectivity index (χ3v) is 7.94. The van der Waals surface area contributed by atoms with Gasteiger partial charge in [0.2, 0.25) is 0 Å². The lowest BCUT2D eigenvalue weighted by molar-refractivity contribution is 0.0331. The van der Waals surface area contributed by atoms with Crippen LogP contribution in [0.15, 0.2) is 16.8 Å². The average Bonchev–Trinajstić information content (AvgIpc) is 3.41. The fourth-order valence-corrected chi connectivity index (χ4v) is 6.35. The minimum absolute atomic E-state index is 0.414. The zero-order valence-corrected chi connectivity index (χ0v) is 18.9. The van der Waals surface area contributed by atoms with E-state index in [0.717, 1.165) is 67.7 Å². The molecule has 160 valence electrons. The number of nitrogens with zero attached hydrogens (tertiary/aromatic N) is 3. The number of aliphatic hydroxyl groups is 1. The molecule has 2 aliphatic rings. The third-order valence-electron chi connectivity index (χ3n) is 6.07. The van der Waals surface area contributed by atoms with E-state index < -0.39 is 5.60 Å². The maximum atomic E-state index is 11.0. The summed E-state index contributed by atoms with van der Waals surface area (Å²) in [4.78, 5) is 14.8. The molecule has 0 spiro atoms. The van der Waals surface area contributed by atoms with Crippen molar-refractivity contribution in [2.75, 3.05) is 38.2 Å². The van der Waals surface area contributed by atoms with E-state index in [1.807, 2.05) is 35.1 Å². The molecule has 1 atom stereocenters. The maximum Gasteiger partial charge on any atom is 0.146 e. The van der Waals surface area contributed by atoms with Gasteiger partial charge in [0.15, 0.2) is 0 Å². The molecule has 0 amide bonds. The molecule has 5 rings (SSSR count). The smallest absolute Gasteiger partial charge is 0.146 e. The van der Waals surface area contributed by atoms with Gasteiger partial charge in [-0.1, -0.05) is 0 Å². The standard InChI is InChI=1S/C22H28N4O2S2/c1-22(27,15-6-11-29-13-15)14-23-20-19-16-4-2-3-5-17(16)30-21(19)25-18(24-20)12-26-7-9-28-10-8-26/h6,11,13,27H,2-5,7-10,12,14H2,1H3,(H,23,24,25). The normalized spacial score (nSPS) is 19.5. The number of thiophene rings is 2. The number of hydrogen-bond acceptors (Lipinski definition) is 8. The van der Waals surface area contributed by atoms with Crippen molar-refractivity contribution in [1.29, 1.82) is 0 Å². The van der Waals surface area contributed by atoms with Gasteiger partial charge >= 0.3 is 0 Å². The van der Waals surface area contributed by atoms with Crippen molar-refractivity contribution in [1.82, 2.24) is 14.9 Å². The summed E-state index contributed by atoms with van der Waals surface area (Å²) in [6.07, 6.45) is 4.71. The Kier molecular flexibility index (Phi) is 5.77. The Morgan fingerprint density at radius 2 is 2.07 bits per heavy atom. The molecule has 1 saturated heterocycles. The lowest BCUT2D eigenvalue weighted by Gasteiger charge is -2.26. The number of ether oxygens (including phenoxy) is 1. The van der Waals surface area contributed by atoms with E-state index in [4.69, 9.17) is 14.7 Å². The maximum absolute atomic E-state index is 11.0. The fraction of sp³-hybridized carbons (Fsp3) is 0.545. The molecule has 3 aromatic heterocycles. The molecule has 1 fully saturated rings. The Labute approximate surface area is 184 Å². The van der Waals surface area contributed by atoms with Crippen LogP contribution in [0, 0.1) is 0 Å². The molecule has 1 aliphatic heterocycles. The topological polar surface area (TPSA) is 70.5 Å². The number of nitrogens with one attached hydrogen (secondary N) is 1. The monoisotopic (exact) mass is 444 g/mol. The minimum Gasteiger partial charge on any atom is -0.384 e. The Morgan fingerprint density at radius 1 is 1.23 bits per heavy atom. The van der Waals surface area contributed by atoms with E-state index in [9.17, 15) is 5.11 Å². The zero-order valence-electron chi connectivity index (χ0n) is 17.3. The first-order chi connectivity index (χ1) is 14.6. The molecule has 4 heterocycles. The summed E-state index contributed by atoms with van der Waals surface area (Å²) in [5.74, 6) is 1.72. The Bertz CT molecular complexity index is 1010. The predicted octanol–water partition coefficient (Wildman–Crippen LogP) is 3.78. The number of fused-ring (bicyclic) bond motifs is 3. The second kappa shape index (κ2) is 8.51. The van der Waals surface area contributed by atoms with Crippen LogP contribution in [-0.4, -0.2) is 52.8 Å². The molecule has 6 nitrogen and oxygen atoms in total. The van der Waals surface area contributed by atoms with E-state index in [1.54, 1.807) is 11.3 Å². The van der Waals surface area contributed by atoms with Gasteiger partial charge in [-0.05, 0) is 60.6 Å². The molecule has 30 heavy (non-hydrogen) atoms. The summed E-state index contributed by atoms with van der Waals surface area (Å²) < 4.78 is 5.48. The number of hydrogen-bond donors (Lipinski definition) is 2. The van der Waals surface area contributed by atoms with E-state index in [0.29, 0.717) is 6.54 Å². The average molecular weight is 445 g/mol. The van der Waals surface area contributed by atoms with Crippen molar-refractivity contribution in [3.05, 3.63) is 38.7 Å². The van der Waals surface area contributed by atoms with Crippen molar-refractivity contribution in [3.63, 3.8) is 0 Å². The van der Waals surface area contributed by atoms with Gasteiger partial charge in [0.25, 0.3) is 0 Å². The van der Waals surface area contributed by atoms with Crippen LogP contribution in [0.1, 0.15) is 41.6 Å². The quantitative estimate of drug-likeness (QED) is 0.603. The Morgan fingerprint density at radius 3 is 2.87 bits per heavy atom. The number of aromatic nitrogens is 2. The molecular formula is C22H28N4O2S2. The molecule has 1 unspecified atom stereocenters. The first-order valence-electron chi connectivity index (χ1n) is 10.7. The first kappa shape index (κ1) is 20.3. The molecule has 0 radical (unpaired) electrons. The zero-order chi connectivity index (χ0) is 20.6. The van der Waals surface area contributed by atoms with Gasteiger partial charge in [0.05, 0.1) is 25.1 Å². The van der Waals surface area contributed by atoms with Crippen LogP contribution in [-0.2, 0) is 29.7 Å². The molecule has 0 bridgehead atoms. The number of aryl methyl sites for hydroxylation is 2. The molecule has 3 aromatic rings. The lowest BCUT2D eigenvalue weighted by atomic mass is 9.96. The fourth-order valence-electron chi connectivity index (χ4n) is 4.29. The highest BCUT2D eigenvalue weighted by Gasteiger charge is 2.26. The van der Waals surface area contributed by atoms with Crippen molar-refractivity contribution >= 4 is 38.7 Å². The highest BCUT2D eigenvalue weighted by atomic mass is 32.1. The molecule has 1 aliphatic carbocycles. The highest BCUT2D eigenvalue weighted by Crippen LogP contribution is 2.39. The molecular weight excluding hydrogens is 416 g/mol. The first-order valence-corrected chi connectivity index (χ1v) is 12.5. The number of morpholine rings is 1.